The number of piperidine rings is 1. The standard InChI is InChI=1S/C19H25N3O4/c1-3-17-20-18(26-21-17)12-24-15-8-6-10-22(11-15)19(23)13-25-16-9-5-4-7-14(16)2/h4-5,7,9,15H,3,6,8,10-13H2,1-2H3/t15-/m1/s1. The van der Waals surface area contributed by atoms with Crippen LogP contribution in [0.2, 0.25) is 0 Å². The van der Waals surface area contributed by atoms with Crippen molar-refractivity contribution in [1.82, 2.24) is 15.0 Å². The van der Waals surface area contributed by atoms with Crippen molar-refractivity contribution in [2.24, 2.45) is 0 Å². The van der Waals surface area contributed by atoms with Crippen molar-refractivity contribution in [2.45, 2.75) is 45.8 Å². The van der Waals surface area contributed by atoms with E-state index in [2.05, 4.69) is 10.1 Å². The summed E-state index contributed by atoms with van der Waals surface area (Å²) in [5, 5.41) is 3.85. The van der Waals surface area contributed by atoms with E-state index in [4.69, 9.17) is 14.0 Å². The van der Waals surface area contributed by atoms with Crippen molar-refractivity contribution in [3.8, 4) is 5.75 Å². The lowest BCUT2D eigenvalue weighted by Gasteiger charge is -2.32. The predicted octanol–water partition coefficient (Wildman–Crippen LogP) is 2.53. The van der Waals surface area contributed by atoms with Gasteiger partial charge in [-0.2, -0.15) is 4.98 Å². The molecule has 2 aromatic rings. The summed E-state index contributed by atoms with van der Waals surface area (Å²) in [6.45, 7) is 5.55. The molecule has 1 aromatic carbocycles. The molecular weight excluding hydrogens is 334 g/mol. The maximum absolute atomic E-state index is 12.4. The molecule has 1 aliphatic rings. The molecule has 140 valence electrons. The minimum atomic E-state index is -0.0249. The van der Waals surface area contributed by atoms with E-state index in [0.29, 0.717) is 18.3 Å². The Hall–Kier alpha value is -2.41. The fourth-order valence-corrected chi connectivity index (χ4v) is 2.93. The van der Waals surface area contributed by atoms with Crippen LogP contribution in [0.5, 0.6) is 5.75 Å². The molecule has 0 unspecified atom stereocenters. The number of aromatic nitrogens is 2. The topological polar surface area (TPSA) is 77.7 Å². The van der Waals surface area contributed by atoms with Crippen molar-refractivity contribution < 1.29 is 18.8 Å². The Labute approximate surface area is 153 Å². The van der Waals surface area contributed by atoms with Gasteiger partial charge in [-0.05, 0) is 31.4 Å². The molecule has 1 atom stereocenters. The van der Waals surface area contributed by atoms with Gasteiger partial charge in [-0.25, -0.2) is 0 Å². The van der Waals surface area contributed by atoms with Gasteiger partial charge >= 0.3 is 0 Å². The maximum atomic E-state index is 12.4. The lowest BCUT2D eigenvalue weighted by Crippen LogP contribution is -2.45. The van der Waals surface area contributed by atoms with Crippen LogP contribution in [0, 0.1) is 6.92 Å². The summed E-state index contributed by atoms with van der Waals surface area (Å²) < 4.78 is 16.7. The molecule has 1 aromatic heterocycles. The van der Waals surface area contributed by atoms with E-state index in [9.17, 15) is 4.79 Å². The van der Waals surface area contributed by atoms with Gasteiger partial charge in [-0.15, -0.1) is 0 Å². The molecule has 0 N–H and O–H groups in total. The Balaban J connectivity index is 1.46. The number of rotatable bonds is 7. The molecule has 1 fully saturated rings. The highest BCUT2D eigenvalue weighted by molar-refractivity contribution is 5.78. The van der Waals surface area contributed by atoms with Gasteiger partial charge in [0.25, 0.3) is 11.8 Å². The minimum absolute atomic E-state index is 0.0207. The SMILES string of the molecule is CCc1noc(CO[C@@H]2CCCN(C(=O)COc3ccccc3C)C2)n1. The summed E-state index contributed by atoms with van der Waals surface area (Å²) in [6, 6.07) is 7.69. The molecule has 1 aliphatic heterocycles. The molecule has 26 heavy (non-hydrogen) atoms. The number of hydrogen-bond acceptors (Lipinski definition) is 6. The van der Waals surface area contributed by atoms with E-state index in [1.807, 2.05) is 38.1 Å². The van der Waals surface area contributed by atoms with Crippen LogP contribution in [0.4, 0.5) is 0 Å². The zero-order valence-corrected chi connectivity index (χ0v) is 15.3. The molecule has 0 spiro atoms. The van der Waals surface area contributed by atoms with Crippen molar-refractivity contribution in [3.63, 3.8) is 0 Å². The second-order valence-corrected chi connectivity index (χ2v) is 6.43. The first-order valence-corrected chi connectivity index (χ1v) is 9.05. The highest BCUT2D eigenvalue weighted by Crippen LogP contribution is 2.18. The summed E-state index contributed by atoms with van der Waals surface area (Å²) in [5.74, 6) is 1.88. The van der Waals surface area contributed by atoms with Crippen molar-refractivity contribution >= 4 is 5.91 Å². The number of nitrogens with zero attached hydrogens (tertiary/aromatic N) is 3. The number of amides is 1. The van der Waals surface area contributed by atoms with E-state index in [1.54, 1.807) is 4.90 Å². The Kier molecular flexibility index (Phi) is 6.22. The number of carbonyl (C=O) groups is 1. The molecule has 0 aliphatic carbocycles. The van der Waals surface area contributed by atoms with E-state index in [-0.39, 0.29) is 25.2 Å². The normalized spacial score (nSPS) is 17.3. The van der Waals surface area contributed by atoms with Gasteiger partial charge < -0.3 is 18.9 Å². The van der Waals surface area contributed by atoms with Crippen molar-refractivity contribution in [2.75, 3.05) is 19.7 Å². The van der Waals surface area contributed by atoms with Gasteiger partial charge in [0, 0.05) is 19.5 Å². The molecule has 7 heteroatoms. The summed E-state index contributed by atoms with van der Waals surface area (Å²) in [6.07, 6.45) is 2.53. The Morgan fingerprint density at radius 2 is 2.23 bits per heavy atom. The van der Waals surface area contributed by atoms with Crippen LogP contribution in [-0.2, 0) is 22.6 Å². The first kappa shape index (κ1) is 18.4. The average Bonchev–Trinajstić information content (AvgIpc) is 3.14. The smallest absolute Gasteiger partial charge is 0.260 e. The number of carbonyl (C=O) groups excluding carboxylic acids is 1. The highest BCUT2D eigenvalue weighted by Gasteiger charge is 2.25. The van der Waals surface area contributed by atoms with Crippen LogP contribution in [0.15, 0.2) is 28.8 Å². The van der Waals surface area contributed by atoms with E-state index < -0.39 is 0 Å². The number of hydrogen-bond donors (Lipinski definition) is 0. The fourth-order valence-electron chi connectivity index (χ4n) is 2.93. The van der Waals surface area contributed by atoms with Gasteiger partial charge in [0.15, 0.2) is 12.4 Å². The van der Waals surface area contributed by atoms with Gasteiger partial charge in [0.1, 0.15) is 12.4 Å². The zero-order chi connectivity index (χ0) is 18.4. The predicted molar refractivity (Wildman–Crippen MR) is 94.7 cm³/mol. The number of aryl methyl sites for hydroxylation is 2. The van der Waals surface area contributed by atoms with Crippen LogP contribution < -0.4 is 4.74 Å². The van der Waals surface area contributed by atoms with E-state index in [0.717, 1.165) is 37.1 Å². The van der Waals surface area contributed by atoms with Gasteiger partial charge in [-0.1, -0.05) is 30.3 Å². The number of benzene rings is 1. The minimum Gasteiger partial charge on any atom is -0.484 e. The molecule has 3 rings (SSSR count). The third kappa shape index (κ3) is 4.82. The maximum Gasteiger partial charge on any atom is 0.260 e. The largest absolute Gasteiger partial charge is 0.484 e. The first-order valence-electron chi connectivity index (χ1n) is 9.05. The molecule has 1 amide bonds. The van der Waals surface area contributed by atoms with Gasteiger partial charge in [-0.3, -0.25) is 4.79 Å². The highest BCUT2D eigenvalue weighted by atomic mass is 16.5. The second-order valence-electron chi connectivity index (χ2n) is 6.43. The molecular formula is C19H25N3O4. The summed E-state index contributed by atoms with van der Waals surface area (Å²) in [7, 11) is 0. The Bertz CT molecular complexity index is 731. The Morgan fingerprint density at radius 3 is 3.00 bits per heavy atom. The van der Waals surface area contributed by atoms with Crippen LogP contribution in [-0.4, -0.2) is 46.7 Å². The second kappa shape index (κ2) is 8.80. The van der Waals surface area contributed by atoms with Crippen molar-refractivity contribution in [3.05, 3.63) is 41.5 Å². The molecule has 0 radical (unpaired) electrons. The fraction of sp³-hybridized carbons (Fsp3) is 0.526. The van der Waals surface area contributed by atoms with Gasteiger partial charge in [0.05, 0.1) is 6.10 Å². The monoisotopic (exact) mass is 359 g/mol. The molecule has 7 nitrogen and oxygen atoms in total. The third-order valence-electron chi connectivity index (χ3n) is 4.44. The number of likely N-dealkylation sites (tertiary alicyclic amines) is 1. The summed E-state index contributed by atoms with van der Waals surface area (Å²) >= 11 is 0. The molecule has 0 bridgehead atoms. The Morgan fingerprint density at radius 1 is 1.38 bits per heavy atom. The van der Waals surface area contributed by atoms with Crippen molar-refractivity contribution in [1.29, 1.82) is 0 Å². The first-order chi connectivity index (χ1) is 12.7. The third-order valence-corrected chi connectivity index (χ3v) is 4.44. The van der Waals surface area contributed by atoms with Crippen LogP contribution >= 0.6 is 0 Å². The molecule has 1 saturated heterocycles. The zero-order valence-electron chi connectivity index (χ0n) is 15.3. The van der Waals surface area contributed by atoms with E-state index in [1.165, 1.54) is 0 Å². The summed E-state index contributed by atoms with van der Waals surface area (Å²) in [4.78, 5) is 18.5. The van der Waals surface area contributed by atoms with Crippen LogP contribution in [0.25, 0.3) is 0 Å². The van der Waals surface area contributed by atoms with E-state index >= 15 is 0 Å². The molecule has 0 saturated carbocycles. The van der Waals surface area contributed by atoms with Crippen LogP contribution in [0.1, 0.15) is 37.0 Å². The summed E-state index contributed by atoms with van der Waals surface area (Å²) in [5.41, 5.74) is 1.02. The average molecular weight is 359 g/mol. The number of ether oxygens (including phenoxy) is 2. The van der Waals surface area contributed by atoms with Gasteiger partial charge in [0.2, 0.25) is 0 Å². The lowest BCUT2D eigenvalue weighted by molar-refractivity contribution is -0.138. The molecule has 2 heterocycles. The van der Waals surface area contributed by atoms with Crippen LogP contribution in [0.3, 0.4) is 0 Å². The number of para-hydroxylation sites is 1. The lowest BCUT2D eigenvalue weighted by atomic mass is 10.1. The quantitative estimate of drug-likeness (QED) is 0.756.